The Morgan fingerprint density at radius 3 is 2.78 bits per heavy atom. The van der Waals surface area contributed by atoms with E-state index in [-0.39, 0.29) is 24.9 Å². The molecule has 0 bridgehead atoms. The second kappa shape index (κ2) is 4.77. The number of hydrogen-bond donors (Lipinski definition) is 2. The lowest BCUT2D eigenvalue weighted by Crippen LogP contribution is -2.45. The first-order valence-corrected chi connectivity index (χ1v) is 9.00. The van der Waals surface area contributed by atoms with Crippen LogP contribution in [-0.4, -0.2) is 37.3 Å². The normalized spacial score (nSPS) is 30.2. The Balaban J connectivity index is 1.73. The molecule has 1 saturated heterocycles. The zero-order chi connectivity index (χ0) is 16.2. The number of nitrogens with zero attached hydrogens (tertiary/aromatic N) is 2. The number of hydrogen-bond acceptors (Lipinski definition) is 4. The molecule has 2 heterocycles. The number of rotatable bonds is 3. The van der Waals surface area contributed by atoms with Gasteiger partial charge in [0.25, 0.3) is 10.2 Å². The molecule has 2 atom stereocenters. The minimum atomic E-state index is -3.77. The van der Waals surface area contributed by atoms with Gasteiger partial charge in [0, 0.05) is 18.3 Å². The lowest BCUT2D eigenvalue weighted by atomic mass is 9.80. The molecule has 7 nitrogen and oxygen atoms in total. The monoisotopic (exact) mass is 332 g/mol. The molecule has 120 valence electrons. The summed E-state index contributed by atoms with van der Waals surface area (Å²) in [4.78, 5) is 12.6. The molecule has 1 aromatic carbocycles. The molecule has 3 aliphatic rings. The van der Waals surface area contributed by atoms with E-state index >= 15 is 0 Å². The van der Waals surface area contributed by atoms with Crippen molar-refractivity contribution in [1.82, 2.24) is 9.03 Å². The van der Waals surface area contributed by atoms with Gasteiger partial charge in [-0.3, -0.25) is 4.79 Å². The average molecular weight is 332 g/mol. The van der Waals surface area contributed by atoms with Crippen molar-refractivity contribution in [1.29, 1.82) is 5.26 Å². The van der Waals surface area contributed by atoms with Gasteiger partial charge in [-0.1, -0.05) is 18.2 Å². The molecule has 2 fully saturated rings. The Morgan fingerprint density at radius 2 is 2.09 bits per heavy atom. The van der Waals surface area contributed by atoms with Gasteiger partial charge in [0.15, 0.2) is 0 Å². The Morgan fingerprint density at radius 1 is 1.35 bits per heavy atom. The average Bonchev–Trinajstić information content (AvgIpc) is 3.15. The maximum atomic E-state index is 12.6. The van der Waals surface area contributed by atoms with Gasteiger partial charge in [0.1, 0.15) is 6.04 Å². The molecule has 1 aromatic rings. The minimum absolute atomic E-state index is 0.00384. The smallest absolute Gasteiger partial charge is 0.280 e. The molecule has 1 saturated carbocycles. The van der Waals surface area contributed by atoms with Crippen LogP contribution in [-0.2, 0) is 20.4 Å². The van der Waals surface area contributed by atoms with Crippen molar-refractivity contribution in [3.05, 3.63) is 29.8 Å². The summed E-state index contributed by atoms with van der Waals surface area (Å²) in [6.45, 7) is -0.00384. The molecule has 2 aliphatic heterocycles. The van der Waals surface area contributed by atoms with Crippen molar-refractivity contribution in [2.45, 2.75) is 36.8 Å². The fraction of sp³-hybridized carbons (Fsp3) is 0.467. The third-order valence-corrected chi connectivity index (χ3v) is 6.42. The number of benzene rings is 1. The van der Waals surface area contributed by atoms with E-state index in [0.717, 1.165) is 22.7 Å². The number of nitrogens with one attached hydrogen (secondary N) is 2. The molecular weight excluding hydrogens is 316 g/mol. The van der Waals surface area contributed by atoms with Crippen LogP contribution in [0.4, 0.5) is 5.69 Å². The van der Waals surface area contributed by atoms with Crippen LogP contribution in [0, 0.1) is 11.3 Å². The molecule has 8 heteroatoms. The Bertz CT molecular complexity index is 827. The van der Waals surface area contributed by atoms with E-state index in [1.807, 2.05) is 24.3 Å². The van der Waals surface area contributed by atoms with Crippen LogP contribution in [0.5, 0.6) is 0 Å². The number of amides is 1. The van der Waals surface area contributed by atoms with Gasteiger partial charge >= 0.3 is 0 Å². The van der Waals surface area contributed by atoms with E-state index in [1.54, 1.807) is 6.07 Å². The number of carbonyl (C=O) groups is 1. The van der Waals surface area contributed by atoms with Crippen molar-refractivity contribution in [3.8, 4) is 6.07 Å². The van der Waals surface area contributed by atoms with Crippen molar-refractivity contribution in [2.75, 3.05) is 11.9 Å². The number of nitriles is 1. The van der Waals surface area contributed by atoms with E-state index in [4.69, 9.17) is 0 Å². The quantitative estimate of drug-likeness (QED) is 0.840. The molecule has 0 aromatic heterocycles. The standard InChI is InChI=1S/C15H16N4O3S/c16-8-11-7-15(9-19(11)23(21,22)18-10-5-6-10)12-3-1-2-4-13(12)17-14(15)20/h1-4,10-11,18H,5-7,9H2,(H,17,20)/t11-,15-/m0/s1. The lowest BCUT2D eigenvalue weighted by Gasteiger charge is -2.22. The van der Waals surface area contributed by atoms with Crippen LogP contribution in [0.3, 0.4) is 0 Å². The van der Waals surface area contributed by atoms with Gasteiger partial charge in [-0.2, -0.15) is 22.7 Å². The summed E-state index contributed by atoms with van der Waals surface area (Å²) in [7, 11) is -3.77. The molecule has 1 amide bonds. The van der Waals surface area contributed by atoms with Crippen molar-refractivity contribution in [2.24, 2.45) is 0 Å². The van der Waals surface area contributed by atoms with E-state index in [9.17, 15) is 18.5 Å². The highest BCUT2D eigenvalue weighted by Gasteiger charge is 2.57. The third kappa shape index (κ3) is 2.16. The summed E-state index contributed by atoms with van der Waals surface area (Å²) in [6.07, 6.45) is 1.81. The second-order valence-corrected chi connectivity index (χ2v) is 8.03. The maximum Gasteiger partial charge on any atom is 0.280 e. The Hall–Kier alpha value is -1.95. The first-order valence-electron chi connectivity index (χ1n) is 7.56. The minimum Gasteiger partial charge on any atom is -0.325 e. The van der Waals surface area contributed by atoms with Crippen LogP contribution in [0.2, 0.25) is 0 Å². The van der Waals surface area contributed by atoms with E-state index in [1.165, 1.54) is 0 Å². The van der Waals surface area contributed by atoms with Gasteiger partial charge < -0.3 is 5.32 Å². The first-order chi connectivity index (χ1) is 11.0. The summed E-state index contributed by atoms with van der Waals surface area (Å²) in [6, 6.07) is 8.42. The Labute approximate surface area is 134 Å². The zero-order valence-corrected chi connectivity index (χ0v) is 13.1. The molecule has 1 aliphatic carbocycles. The van der Waals surface area contributed by atoms with Gasteiger partial charge in [-0.15, -0.1) is 0 Å². The molecule has 0 unspecified atom stereocenters. The highest BCUT2D eigenvalue weighted by molar-refractivity contribution is 7.87. The fourth-order valence-corrected chi connectivity index (χ4v) is 5.09. The van der Waals surface area contributed by atoms with Crippen LogP contribution in [0.15, 0.2) is 24.3 Å². The fourth-order valence-electron chi connectivity index (χ4n) is 3.45. The van der Waals surface area contributed by atoms with Gasteiger partial charge in [0.2, 0.25) is 5.91 Å². The van der Waals surface area contributed by atoms with Crippen molar-refractivity contribution < 1.29 is 13.2 Å². The topological polar surface area (TPSA) is 102 Å². The predicted octanol–water partition coefficient (Wildman–Crippen LogP) is 0.471. The highest BCUT2D eigenvalue weighted by Crippen LogP contribution is 2.46. The molecular formula is C15H16N4O3S. The maximum absolute atomic E-state index is 12.6. The molecule has 4 rings (SSSR count). The summed E-state index contributed by atoms with van der Waals surface area (Å²) in [5, 5.41) is 12.2. The van der Waals surface area contributed by atoms with E-state index < -0.39 is 21.7 Å². The zero-order valence-electron chi connectivity index (χ0n) is 12.3. The number of anilines is 1. The number of carbonyl (C=O) groups excluding carboxylic acids is 1. The highest BCUT2D eigenvalue weighted by atomic mass is 32.2. The number of para-hydroxylation sites is 1. The van der Waals surface area contributed by atoms with Crippen molar-refractivity contribution >= 4 is 21.8 Å². The summed E-state index contributed by atoms with van der Waals surface area (Å²) in [5.41, 5.74) is 0.493. The molecule has 0 radical (unpaired) electrons. The van der Waals surface area contributed by atoms with Crippen molar-refractivity contribution in [3.63, 3.8) is 0 Å². The van der Waals surface area contributed by atoms with E-state index in [0.29, 0.717) is 5.69 Å². The molecule has 2 N–H and O–H groups in total. The van der Waals surface area contributed by atoms with Crippen LogP contribution in [0.1, 0.15) is 24.8 Å². The predicted molar refractivity (Wildman–Crippen MR) is 82.6 cm³/mol. The summed E-state index contributed by atoms with van der Waals surface area (Å²) < 4.78 is 28.8. The van der Waals surface area contributed by atoms with Crippen LogP contribution < -0.4 is 10.0 Å². The van der Waals surface area contributed by atoms with Gasteiger partial charge in [-0.05, 0) is 30.9 Å². The van der Waals surface area contributed by atoms with Crippen LogP contribution >= 0.6 is 0 Å². The molecule has 23 heavy (non-hydrogen) atoms. The third-order valence-electron chi connectivity index (χ3n) is 4.79. The van der Waals surface area contributed by atoms with Crippen LogP contribution in [0.25, 0.3) is 0 Å². The van der Waals surface area contributed by atoms with Gasteiger partial charge in [0.05, 0.1) is 11.5 Å². The second-order valence-electron chi connectivity index (χ2n) is 6.37. The first kappa shape index (κ1) is 14.6. The van der Waals surface area contributed by atoms with Gasteiger partial charge in [-0.25, -0.2) is 0 Å². The van der Waals surface area contributed by atoms with E-state index in [2.05, 4.69) is 10.0 Å². The summed E-state index contributed by atoms with van der Waals surface area (Å²) >= 11 is 0. The molecule has 1 spiro atoms. The lowest BCUT2D eigenvalue weighted by molar-refractivity contribution is -0.120. The number of fused-ring (bicyclic) bond motifs is 2. The SMILES string of the molecule is N#C[C@@H]1C[C@@]2(CN1S(=O)(=O)NC1CC1)C(=O)Nc1ccccc12. The largest absolute Gasteiger partial charge is 0.325 e. The summed E-state index contributed by atoms with van der Waals surface area (Å²) in [5.74, 6) is -0.233. The Kier molecular flexibility index (Phi) is 3.04.